The van der Waals surface area contributed by atoms with Crippen molar-refractivity contribution in [1.82, 2.24) is 24.9 Å². The Kier molecular flexibility index (Phi) is 4.12. The summed E-state index contributed by atoms with van der Waals surface area (Å²) < 4.78 is 2.51. The van der Waals surface area contributed by atoms with Crippen LogP contribution in [0.4, 0.5) is 0 Å². The molecule has 0 aromatic carbocycles. The van der Waals surface area contributed by atoms with Gasteiger partial charge in [-0.05, 0) is 6.07 Å². The first-order valence-corrected chi connectivity index (χ1v) is 6.01. The fourth-order valence-corrected chi connectivity index (χ4v) is 1.60. The van der Waals surface area contributed by atoms with Crippen LogP contribution in [0, 0.1) is 0 Å². The zero-order valence-corrected chi connectivity index (χ0v) is 11.2. The van der Waals surface area contributed by atoms with Crippen molar-refractivity contribution >= 4 is 11.9 Å². The van der Waals surface area contributed by atoms with Gasteiger partial charge in [0.1, 0.15) is 12.2 Å². The predicted molar refractivity (Wildman–Crippen MR) is 70.5 cm³/mol. The van der Waals surface area contributed by atoms with E-state index in [1.165, 1.54) is 29.1 Å². The summed E-state index contributed by atoms with van der Waals surface area (Å²) in [6.07, 6.45) is 2.93. The van der Waals surface area contributed by atoms with Crippen molar-refractivity contribution in [1.29, 1.82) is 0 Å². The van der Waals surface area contributed by atoms with E-state index in [4.69, 9.17) is 5.11 Å². The Bertz CT molecular complexity index is 733. The molecule has 0 saturated heterocycles. The number of aliphatic carboxylic acids is 1. The van der Waals surface area contributed by atoms with E-state index in [2.05, 4.69) is 15.6 Å². The van der Waals surface area contributed by atoms with Crippen LogP contribution in [0.2, 0.25) is 0 Å². The van der Waals surface area contributed by atoms with E-state index in [-0.39, 0.29) is 24.2 Å². The molecule has 110 valence electrons. The molecule has 0 atom stereocenters. The summed E-state index contributed by atoms with van der Waals surface area (Å²) in [5.74, 6) is -1.45. The van der Waals surface area contributed by atoms with Crippen LogP contribution < -0.4 is 10.9 Å². The molecule has 2 rings (SSSR count). The molecule has 2 N–H and O–H groups in total. The van der Waals surface area contributed by atoms with Crippen LogP contribution in [0.3, 0.4) is 0 Å². The van der Waals surface area contributed by atoms with Crippen LogP contribution >= 0.6 is 0 Å². The number of amides is 1. The number of carboxylic acid groups (broad SMARTS) is 1. The molecular formula is C12H13N5O4. The minimum atomic E-state index is -1.03. The van der Waals surface area contributed by atoms with Gasteiger partial charge in [-0.25, -0.2) is 4.68 Å². The molecule has 0 aliphatic heterocycles. The highest BCUT2D eigenvalue weighted by molar-refractivity contribution is 5.93. The molecule has 21 heavy (non-hydrogen) atoms. The molecule has 0 radical (unpaired) electrons. The third-order valence-corrected chi connectivity index (χ3v) is 2.68. The number of carboxylic acids is 1. The molecule has 0 fully saturated rings. The molecule has 0 bridgehead atoms. The first-order chi connectivity index (χ1) is 9.95. The predicted octanol–water partition coefficient (Wildman–Crippen LogP) is -1.01. The highest BCUT2D eigenvalue weighted by Crippen LogP contribution is 1.97. The van der Waals surface area contributed by atoms with Crippen LogP contribution in [0.15, 0.2) is 29.3 Å². The first-order valence-electron chi connectivity index (χ1n) is 6.01. The number of carbonyl (C=O) groups excluding carboxylic acids is 1. The lowest BCUT2D eigenvalue weighted by atomic mass is 10.2. The maximum atomic E-state index is 11.9. The van der Waals surface area contributed by atoms with Gasteiger partial charge in [-0.15, -0.1) is 5.10 Å². The van der Waals surface area contributed by atoms with Crippen molar-refractivity contribution in [3.05, 3.63) is 46.1 Å². The van der Waals surface area contributed by atoms with Gasteiger partial charge in [-0.1, -0.05) is 5.21 Å². The largest absolute Gasteiger partial charge is 0.480 e. The van der Waals surface area contributed by atoms with Crippen LogP contribution in [-0.4, -0.2) is 36.5 Å². The quantitative estimate of drug-likeness (QED) is 0.728. The van der Waals surface area contributed by atoms with Crippen molar-refractivity contribution in [2.75, 3.05) is 0 Å². The van der Waals surface area contributed by atoms with E-state index in [1.54, 1.807) is 7.05 Å². The Hall–Kier alpha value is -2.97. The maximum Gasteiger partial charge on any atom is 0.325 e. The van der Waals surface area contributed by atoms with E-state index in [1.807, 2.05) is 0 Å². The number of hydrogen-bond acceptors (Lipinski definition) is 5. The molecule has 0 aliphatic rings. The number of hydrogen-bond donors (Lipinski definition) is 2. The van der Waals surface area contributed by atoms with Crippen molar-refractivity contribution < 1.29 is 14.7 Å². The van der Waals surface area contributed by atoms with E-state index in [0.717, 1.165) is 4.68 Å². The van der Waals surface area contributed by atoms with Crippen LogP contribution in [-0.2, 0) is 24.9 Å². The van der Waals surface area contributed by atoms with Gasteiger partial charge in [0, 0.05) is 24.9 Å². The molecule has 0 saturated carbocycles. The Morgan fingerprint density at radius 3 is 2.86 bits per heavy atom. The summed E-state index contributed by atoms with van der Waals surface area (Å²) in [5, 5.41) is 18.5. The van der Waals surface area contributed by atoms with Gasteiger partial charge in [-0.2, -0.15) is 0 Å². The maximum absolute atomic E-state index is 11.9. The molecule has 2 aromatic rings. The second-order valence-electron chi connectivity index (χ2n) is 4.35. The van der Waals surface area contributed by atoms with Crippen LogP contribution in [0.5, 0.6) is 0 Å². The van der Waals surface area contributed by atoms with E-state index in [9.17, 15) is 14.4 Å². The number of pyridine rings is 1. The topological polar surface area (TPSA) is 119 Å². The van der Waals surface area contributed by atoms with Gasteiger partial charge in [0.2, 0.25) is 0 Å². The Morgan fingerprint density at radius 2 is 2.19 bits per heavy atom. The lowest BCUT2D eigenvalue weighted by Gasteiger charge is -2.03. The van der Waals surface area contributed by atoms with Crippen molar-refractivity contribution in [3.63, 3.8) is 0 Å². The second-order valence-corrected chi connectivity index (χ2v) is 4.35. The van der Waals surface area contributed by atoms with Crippen molar-refractivity contribution in [3.8, 4) is 0 Å². The van der Waals surface area contributed by atoms with Gasteiger partial charge in [0.05, 0.1) is 12.7 Å². The summed E-state index contributed by atoms with van der Waals surface area (Å²) >= 11 is 0. The highest BCUT2D eigenvalue weighted by Gasteiger charge is 2.09. The number of aryl methyl sites for hydroxylation is 1. The Morgan fingerprint density at radius 1 is 1.43 bits per heavy atom. The molecule has 2 aromatic heterocycles. The minimum Gasteiger partial charge on any atom is -0.480 e. The fraction of sp³-hybridized carbons (Fsp3) is 0.250. The van der Waals surface area contributed by atoms with Crippen LogP contribution in [0.1, 0.15) is 16.1 Å². The molecular weight excluding hydrogens is 278 g/mol. The number of carbonyl (C=O) groups is 2. The SMILES string of the molecule is Cn1ccc(C(=O)NCc2cn(CC(=O)O)nn2)cc1=O. The van der Waals surface area contributed by atoms with Gasteiger partial charge in [0.15, 0.2) is 0 Å². The first kappa shape index (κ1) is 14.4. The van der Waals surface area contributed by atoms with Crippen LogP contribution in [0.25, 0.3) is 0 Å². The number of nitrogens with one attached hydrogen (secondary N) is 1. The third kappa shape index (κ3) is 3.75. The average Bonchev–Trinajstić information content (AvgIpc) is 2.86. The standard InChI is InChI=1S/C12H13N5O4/c1-16-3-2-8(4-10(16)18)12(21)13-5-9-6-17(15-14-9)7-11(19)20/h2-4,6H,5,7H2,1H3,(H,13,21)(H,19,20). The summed E-state index contributed by atoms with van der Waals surface area (Å²) in [6, 6.07) is 2.76. The van der Waals surface area contributed by atoms with E-state index in [0.29, 0.717) is 5.69 Å². The molecule has 2 heterocycles. The van der Waals surface area contributed by atoms with Gasteiger partial charge in [-0.3, -0.25) is 14.4 Å². The van der Waals surface area contributed by atoms with Gasteiger partial charge < -0.3 is 15.0 Å². The average molecular weight is 291 g/mol. The summed E-state index contributed by atoms with van der Waals surface area (Å²) in [4.78, 5) is 33.8. The minimum absolute atomic E-state index is 0.0909. The normalized spacial score (nSPS) is 10.3. The second kappa shape index (κ2) is 5.99. The summed E-state index contributed by atoms with van der Waals surface area (Å²) in [7, 11) is 1.59. The molecule has 9 heteroatoms. The molecule has 0 spiro atoms. The lowest BCUT2D eigenvalue weighted by Crippen LogP contribution is -2.25. The molecule has 9 nitrogen and oxygen atoms in total. The zero-order valence-electron chi connectivity index (χ0n) is 11.2. The Labute approximate surface area is 118 Å². The zero-order chi connectivity index (χ0) is 15.4. The number of rotatable bonds is 5. The lowest BCUT2D eigenvalue weighted by molar-refractivity contribution is -0.137. The Balaban J connectivity index is 1.97. The smallest absolute Gasteiger partial charge is 0.325 e. The fourth-order valence-electron chi connectivity index (χ4n) is 1.60. The van der Waals surface area contributed by atoms with Crippen molar-refractivity contribution in [2.45, 2.75) is 13.1 Å². The molecule has 1 amide bonds. The van der Waals surface area contributed by atoms with E-state index >= 15 is 0 Å². The van der Waals surface area contributed by atoms with Crippen molar-refractivity contribution in [2.24, 2.45) is 7.05 Å². The number of aromatic nitrogens is 4. The highest BCUT2D eigenvalue weighted by atomic mass is 16.4. The third-order valence-electron chi connectivity index (χ3n) is 2.68. The van der Waals surface area contributed by atoms with E-state index < -0.39 is 11.9 Å². The summed E-state index contributed by atoms with van der Waals surface area (Å²) in [6.45, 7) is -0.205. The van der Waals surface area contributed by atoms with Gasteiger partial charge in [0.25, 0.3) is 11.5 Å². The number of nitrogens with zero attached hydrogens (tertiary/aromatic N) is 4. The summed E-state index contributed by atoms with van der Waals surface area (Å²) in [5.41, 5.74) is 0.388. The molecule has 0 aliphatic carbocycles. The van der Waals surface area contributed by atoms with Gasteiger partial charge >= 0.3 is 5.97 Å². The molecule has 0 unspecified atom stereocenters. The monoisotopic (exact) mass is 291 g/mol.